The molecular weight excluding hydrogens is 627 g/mol. The van der Waals surface area contributed by atoms with Crippen molar-refractivity contribution in [1.29, 1.82) is 0 Å². The molecule has 2 aromatic heterocycles. The SMILES string of the molecule is [2H]C([2H])([2H])c1ccc(-c2cccc(-n3c4ccccc4n4c5ccccc5nc34)c2C([2H])([2H])[2H])c(C([2H])([2H])[2H])c1-c1cccc2c1Oc1ccccc1[Si](C)(C)C2(C)C. The summed E-state index contributed by atoms with van der Waals surface area (Å²) in [5, 5.41) is 0.637. The van der Waals surface area contributed by atoms with Gasteiger partial charge in [0.25, 0.3) is 0 Å². The van der Waals surface area contributed by atoms with Gasteiger partial charge in [-0.25, -0.2) is 4.98 Å². The number of fused-ring (bicyclic) bond motifs is 7. The molecule has 0 radical (unpaired) electrons. The first kappa shape index (κ1) is 22.3. The van der Waals surface area contributed by atoms with Gasteiger partial charge < -0.3 is 4.74 Å². The van der Waals surface area contributed by atoms with E-state index in [1.165, 1.54) is 12.1 Å². The number of para-hydroxylation sites is 6. The molecule has 6 aromatic carbocycles. The standard InChI is InChI=1S/C45H41N3OSi/c1-28-26-27-32(30(3)42(28)33-17-14-18-34-43(33)49-40-24-12-13-25-41(40)50(6,7)45(34,4)5)31-16-15-23-36(29(31)2)47-38-21-10-11-22-39(38)48-37-20-9-8-19-35(37)46-44(47)48/h8-27H,1-7H3/i1D3,2D3,3D3. The summed E-state index contributed by atoms with van der Waals surface area (Å²) in [5.41, 5.74) is 4.19. The maximum Gasteiger partial charge on any atom is 0.220 e. The predicted molar refractivity (Wildman–Crippen MR) is 211 cm³/mol. The van der Waals surface area contributed by atoms with Crippen molar-refractivity contribution in [1.82, 2.24) is 14.0 Å². The summed E-state index contributed by atoms with van der Waals surface area (Å²) in [7, 11) is -2.36. The third-order valence-corrected chi connectivity index (χ3v) is 16.3. The van der Waals surface area contributed by atoms with Crippen molar-refractivity contribution >= 4 is 41.1 Å². The zero-order valence-electron chi connectivity index (χ0n) is 37.3. The highest BCUT2D eigenvalue weighted by Gasteiger charge is 2.47. The molecule has 246 valence electrons. The summed E-state index contributed by atoms with van der Waals surface area (Å²) < 4.78 is 91.6. The van der Waals surface area contributed by atoms with Gasteiger partial charge in [-0.3, -0.25) is 8.97 Å². The summed E-state index contributed by atoms with van der Waals surface area (Å²) >= 11 is 0. The lowest BCUT2D eigenvalue weighted by Crippen LogP contribution is -2.56. The van der Waals surface area contributed by atoms with Gasteiger partial charge >= 0.3 is 0 Å². The van der Waals surface area contributed by atoms with E-state index in [0.717, 1.165) is 27.3 Å². The third kappa shape index (κ3) is 4.13. The average Bonchev–Trinajstić information content (AvgIpc) is 3.69. The summed E-state index contributed by atoms with van der Waals surface area (Å²) in [6, 6.07) is 36.6. The van der Waals surface area contributed by atoms with Gasteiger partial charge in [-0.1, -0.05) is 112 Å². The molecule has 0 amide bonds. The maximum absolute atomic E-state index is 9.15. The van der Waals surface area contributed by atoms with Crippen LogP contribution in [0.1, 0.15) is 48.4 Å². The van der Waals surface area contributed by atoms with Crippen molar-refractivity contribution in [3.05, 3.63) is 144 Å². The fourth-order valence-electron chi connectivity index (χ4n) is 7.84. The molecule has 0 N–H and O–H groups in total. The lowest BCUT2D eigenvalue weighted by Gasteiger charge is -2.39. The fourth-order valence-corrected chi connectivity index (χ4v) is 10.6. The number of hydrogen-bond acceptors (Lipinski definition) is 2. The van der Waals surface area contributed by atoms with Crippen molar-refractivity contribution in [2.45, 2.75) is 52.5 Å². The molecule has 50 heavy (non-hydrogen) atoms. The monoisotopic (exact) mass is 676 g/mol. The van der Waals surface area contributed by atoms with Gasteiger partial charge in [0.1, 0.15) is 11.5 Å². The Bertz CT molecular complexity index is 3010. The van der Waals surface area contributed by atoms with Crippen molar-refractivity contribution in [2.75, 3.05) is 0 Å². The summed E-state index contributed by atoms with van der Waals surface area (Å²) in [6.45, 7) is 0.432. The molecule has 1 aliphatic heterocycles. The van der Waals surface area contributed by atoms with E-state index in [4.69, 9.17) is 22.1 Å². The van der Waals surface area contributed by atoms with Gasteiger partial charge in [-0.05, 0) is 106 Å². The van der Waals surface area contributed by atoms with Crippen LogP contribution in [0, 0.1) is 20.6 Å². The van der Waals surface area contributed by atoms with Crippen LogP contribution < -0.4 is 9.92 Å². The molecule has 0 saturated carbocycles. The lowest BCUT2D eigenvalue weighted by molar-refractivity contribution is 0.478. The van der Waals surface area contributed by atoms with Crippen LogP contribution in [0.4, 0.5) is 0 Å². The maximum atomic E-state index is 9.15. The molecule has 4 nitrogen and oxygen atoms in total. The summed E-state index contributed by atoms with van der Waals surface area (Å²) in [4.78, 5) is 4.97. The van der Waals surface area contributed by atoms with E-state index in [1.54, 1.807) is 24.3 Å². The second kappa shape index (κ2) is 10.8. The van der Waals surface area contributed by atoms with Crippen molar-refractivity contribution in [3.8, 4) is 39.4 Å². The Balaban J connectivity index is 1.40. The molecule has 0 saturated heterocycles. The number of rotatable bonds is 3. The van der Waals surface area contributed by atoms with Gasteiger partial charge in [0.2, 0.25) is 5.78 Å². The minimum Gasteiger partial charge on any atom is -0.457 e. The molecule has 0 spiro atoms. The number of aromatic nitrogens is 3. The van der Waals surface area contributed by atoms with Gasteiger partial charge in [0, 0.05) is 17.9 Å². The predicted octanol–water partition coefficient (Wildman–Crippen LogP) is 11.2. The van der Waals surface area contributed by atoms with Crippen LogP contribution in [-0.2, 0) is 5.04 Å². The Morgan fingerprint density at radius 1 is 0.660 bits per heavy atom. The Kier molecular flexibility index (Phi) is 4.83. The van der Waals surface area contributed by atoms with E-state index in [1.807, 2.05) is 87.8 Å². The van der Waals surface area contributed by atoms with Crippen LogP contribution in [0.5, 0.6) is 11.5 Å². The zero-order valence-corrected chi connectivity index (χ0v) is 29.3. The smallest absolute Gasteiger partial charge is 0.220 e. The molecule has 5 heteroatoms. The second-order valence-electron chi connectivity index (χ2n) is 14.2. The van der Waals surface area contributed by atoms with Crippen LogP contribution in [0.2, 0.25) is 13.1 Å². The molecule has 0 bridgehead atoms. The van der Waals surface area contributed by atoms with Crippen LogP contribution in [-0.4, -0.2) is 22.0 Å². The molecular formula is C45H41N3OSi. The second-order valence-corrected chi connectivity index (χ2v) is 19.2. The number of ether oxygens (including phenoxy) is 1. The molecule has 0 aliphatic carbocycles. The quantitative estimate of drug-likeness (QED) is 0.174. The summed E-state index contributed by atoms with van der Waals surface area (Å²) in [6.07, 6.45) is 0. The Morgan fingerprint density at radius 3 is 2.18 bits per heavy atom. The highest BCUT2D eigenvalue weighted by Crippen LogP contribution is 2.50. The molecule has 9 rings (SSSR count). The van der Waals surface area contributed by atoms with E-state index in [0.29, 0.717) is 34.0 Å². The van der Waals surface area contributed by atoms with Crippen LogP contribution in [0.3, 0.4) is 0 Å². The molecule has 8 aromatic rings. The first-order valence-electron chi connectivity index (χ1n) is 21.3. The molecule has 3 heterocycles. The van der Waals surface area contributed by atoms with Crippen LogP contribution >= 0.6 is 0 Å². The first-order valence-corrected chi connectivity index (χ1v) is 19.8. The minimum atomic E-state index is -2.92. The number of benzene rings is 6. The van der Waals surface area contributed by atoms with E-state index in [-0.39, 0.29) is 33.4 Å². The van der Waals surface area contributed by atoms with E-state index in [2.05, 4.69) is 33.0 Å². The van der Waals surface area contributed by atoms with E-state index < -0.39 is 33.7 Å². The largest absolute Gasteiger partial charge is 0.457 e. The average molecular weight is 677 g/mol. The number of aryl methyl sites for hydroxylation is 1. The van der Waals surface area contributed by atoms with Crippen molar-refractivity contribution in [3.63, 3.8) is 0 Å². The first-order chi connectivity index (χ1) is 27.7. The highest BCUT2D eigenvalue weighted by atomic mass is 28.3. The summed E-state index contributed by atoms with van der Waals surface area (Å²) in [5.74, 6) is 1.51. The minimum absolute atomic E-state index is 0.0239. The zero-order chi connectivity index (χ0) is 42.0. The van der Waals surface area contributed by atoms with Gasteiger partial charge in [0.05, 0.1) is 35.8 Å². The number of nitrogens with zero attached hydrogens (tertiary/aromatic N) is 3. The molecule has 0 atom stereocenters. The van der Waals surface area contributed by atoms with Gasteiger partial charge in [0.15, 0.2) is 0 Å². The Labute approximate surface area is 307 Å². The fraction of sp³-hybridized carbons (Fsp3) is 0.178. The highest BCUT2D eigenvalue weighted by molar-refractivity contribution is 6.92. The molecule has 0 fully saturated rings. The Hall–Kier alpha value is -5.39. The number of imidazole rings is 2. The topological polar surface area (TPSA) is 31.5 Å². The Morgan fingerprint density at radius 2 is 1.36 bits per heavy atom. The van der Waals surface area contributed by atoms with Gasteiger partial charge in [-0.2, -0.15) is 0 Å². The molecule has 1 aliphatic rings. The number of hydrogen-bond donors (Lipinski definition) is 0. The van der Waals surface area contributed by atoms with E-state index >= 15 is 0 Å². The van der Waals surface area contributed by atoms with Crippen molar-refractivity contribution in [2.24, 2.45) is 0 Å². The van der Waals surface area contributed by atoms with E-state index in [9.17, 15) is 0 Å². The van der Waals surface area contributed by atoms with Crippen LogP contribution in [0.15, 0.2) is 121 Å². The third-order valence-electron chi connectivity index (χ3n) is 11.2. The lowest BCUT2D eigenvalue weighted by atomic mass is 9.86. The normalized spacial score (nSPS) is 18.2. The molecule has 0 unspecified atom stereocenters. The van der Waals surface area contributed by atoms with Crippen LogP contribution in [0.25, 0.3) is 55.8 Å². The van der Waals surface area contributed by atoms with Gasteiger partial charge in [-0.15, -0.1) is 0 Å². The van der Waals surface area contributed by atoms with Crippen molar-refractivity contribution < 1.29 is 17.1 Å².